The van der Waals surface area contributed by atoms with E-state index in [9.17, 15) is 4.79 Å². The van der Waals surface area contributed by atoms with Gasteiger partial charge in [0.05, 0.1) is 13.2 Å². The molecule has 1 fully saturated rings. The zero-order valence-corrected chi connectivity index (χ0v) is 16.7. The number of aldehydes is 1. The molecular formula is C22H34N2O2. The SMILES string of the molecule is CCCOc1c(C2CCN(CC)CC2)ccc2c1CCC(C)N2CC=O. The molecule has 2 aliphatic heterocycles. The Labute approximate surface area is 158 Å². The van der Waals surface area contributed by atoms with Crippen LogP contribution in [0.5, 0.6) is 5.75 Å². The molecule has 4 nitrogen and oxygen atoms in total. The second-order valence-corrected chi connectivity index (χ2v) is 7.75. The lowest BCUT2D eigenvalue weighted by Gasteiger charge is -2.38. The minimum absolute atomic E-state index is 0.408. The molecule has 0 bridgehead atoms. The molecule has 0 N–H and O–H groups in total. The smallest absolute Gasteiger partial charge is 0.139 e. The summed E-state index contributed by atoms with van der Waals surface area (Å²) in [4.78, 5) is 16.0. The molecular weight excluding hydrogens is 324 g/mol. The lowest BCUT2D eigenvalue weighted by molar-refractivity contribution is -0.106. The molecule has 0 aliphatic carbocycles. The van der Waals surface area contributed by atoms with E-state index in [0.717, 1.165) is 44.4 Å². The van der Waals surface area contributed by atoms with E-state index in [1.807, 2.05) is 0 Å². The monoisotopic (exact) mass is 358 g/mol. The molecule has 0 saturated carbocycles. The van der Waals surface area contributed by atoms with E-state index >= 15 is 0 Å². The lowest BCUT2D eigenvalue weighted by atomic mass is 9.85. The van der Waals surface area contributed by atoms with Crippen molar-refractivity contribution in [2.75, 3.05) is 37.7 Å². The van der Waals surface area contributed by atoms with Crippen molar-refractivity contribution in [2.24, 2.45) is 0 Å². The first kappa shape index (κ1) is 19.2. The number of likely N-dealkylation sites (tertiary alicyclic amines) is 1. The highest BCUT2D eigenvalue weighted by Crippen LogP contribution is 2.43. The van der Waals surface area contributed by atoms with Crippen LogP contribution >= 0.6 is 0 Å². The summed E-state index contributed by atoms with van der Waals surface area (Å²) in [7, 11) is 0. The van der Waals surface area contributed by atoms with E-state index in [1.54, 1.807) is 0 Å². The number of nitrogens with zero attached hydrogens (tertiary/aromatic N) is 2. The zero-order chi connectivity index (χ0) is 18.5. The molecule has 2 aliphatic rings. The number of piperidine rings is 1. The van der Waals surface area contributed by atoms with Crippen molar-refractivity contribution in [3.8, 4) is 5.75 Å². The second-order valence-electron chi connectivity index (χ2n) is 7.75. The number of benzene rings is 1. The summed E-state index contributed by atoms with van der Waals surface area (Å²) < 4.78 is 6.32. The molecule has 4 heteroatoms. The topological polar surface area (TPSA) is 32.8 Å². The van der Waals surface area contributed by atoms with Crippen LogP contribution in [0.1, 0.15) is 63.5 Å². The van der Waals surface area contributed by atoms with Crippen molar-refractivity contribution in [3.63, 3.8) is 0 Å². The van der Waals surface area contributed by atoms with Gasteiger partial charge in [0.25, 0.3) is 0 Å². The van der Waals surface area contributed by atoms with Gasteiger partial charge >= 0.3 is 0 Å². The number of fused-ring (bicyclic) bond motifs is 1. The number of ether oxygens (including phenoxy) is 1. The maximum absolute atomic E-state index is 11.2. The third-order valence-corrected chi connectivity index (χ3v) is 6.12. The predicted octanol–water partition coefficient (Wildman–Crippen LogP) is 4.01. The Bertz CT molecular complexity index is 608. The van der Waals surface area contributed by atoms with Gasteiger partial charge in [-0.1, -0.05) is 19.9 Å². The van der Waals surface area contributed by atoms with Crippen LogP contribution in [-0.4, -0.2) is 50.0 Å². The number of rotatable bonds is 7. The van der Waals surface area contributed by atoms with Gasteiger partial charge in [0.1, 0.15) is 12.0 Å². The summed E-state index contributed by atoms with van der Waals surface area (Å²) in [5.74, 6) is 1.72. The Balaban J connectivity index is 1.94. The fourth-order valence-corrected chi connectivity index (χ4v) is 4.51. The van der Waals surface area contributed by atoms with Gasteiger partial charge in [-0.25, -0.2) is 0 Å². The number of anilines is 1. The predicted molar refractivity (Wildman–Crippen MR) is 108 cm³/mol. The quantitative estimate of drug-likeness (QED) is 0.690. The van der Waals surface area contributed by atoms with Crippen LogP contribution in [0.4, 0.5) is 5.69 Å². The van der Waals surface area contributed by atoms with Gasteiger partial charge < -0.3 is 19.3 Å². The van der Waals surface area contributed by atoms with Crippen LogP contribution < -0.4 is 9.64 Å². The van der Waals surface area contributed by atoms with Crippen molar-refractivity contribution >= 4 is 12.0 Å². The van der Waals surface area contributed by atoms with E-state index in [-0.39, 0.29) is 0 Å². The summed E-state index contributed by atoms with van der Waals surface area (Å²) in [5.41, 5.74) is 3.93. The van der Waals surface area contributed by atoms with Crippen LogP contribution in [0.3, 0.4) is 0 Å². The van der Waals surface area contributed by atoms with Gasteiger partial charge in [-0.15, -0.1) is 0 Å². The summed E-state index contributed by atoms with van der Waals surface area (Å²) >= 11 is 0. The maximum Gasteiger partial charge on any atom is 0.139 e. The van der Waals surface area contributed by atoms with Gasteiger partial charge in [0, 0.05) is 17.3 Å². The fraction of sp³-hybridized carbons (Fsp3) is 0.682. The fourth-order valence-electron chi connectivity index (χ4n) is 4.51. The minimum Gasteiger partial charge on any atom is -0.493 e. The summed E-state index contributed by atoms with van der Waals surface area (Å²) in [6.07, 6.45) is 6.60. The van der Waals surface area contributed by atoms with Gasteiger partial charge in [0.15, 0.2) is 0 Å². The molecule has 3 rings (SSSR count). The van der Waals surface area contributed by atoms with E-state index < -0.39 is 0 Å². The largest absolute Gasteiger partial charge is 0.493 e. The molecule has 0 amide bonds. The van der Waals surface area contributed by atoms with Crippen LogP contribution in [0, 0.1) is 0 Å². The third kappa shape index (κ3) is 3.90. The standard InChI is InChI=1S/C22H34N2O2/c1-4-16-26-22-19(18-10-12-23(5-2)13-11-18)8-9-21-20(22)7-6-17(3)24(21)14-15-25/h8-9,15,17-18H,4-7,10-14,16H2,1-3H3. The van der Waals surface area contributed by atoms with Gasteiger partial charge in [0.2, 0.25) is 0 Å². The number of carbonyl (C=O) groups excluding carboxylic acids is 1. The number of hydrogen-bond acceptors (Lipinski definition) is 4. The molecule has 0 radical (unpaired) electrons. The van der Waals surface area contributed by atoms with Crippen LogP contribution in [-0.2, 0) is 11.2 Å². The first-order valence-electron chi connectivity index (χ1n) is 10.4. The minimum atomic E-state index is 0.408. The second kappa shape index (κ2) is 8.90. The Morgan fingerprint density at radius 2 is 1.96 bits per heavy atom. The Morgan fingerprint density at radius 1 is 1.19 bits per heavy atom. The number of carbonyl (C=O) groups is 1. The maximum atomic E-state index is 11.2. The van der Waals surface area contributed by atoms with Crippen molar-refractivity contribution < 1.29 is 9.53 Å². The zero-order valence-electron chi connectivity index (χ0n) is 16.7. The average Bonchev–Trinajstić information content (AvgIpc) is 2.68. The highest BCUT2D eigenvalue weighted by Gasteiger charge is 2.30. The molecule has 1 aromatic rings. The van der Waals surface area contributed by atoms with Crippen LogP contribution in [0.15, 0.2) is 12.1 Å². The highest BCUT2D eigenvalue weighted by molar-refractivity contribution is 5.69. The summed E-state index contributed by atoms with van der Waals surface area (Å²) in [6, 6.07) is 4.94. The molecule has 2 heterocycles. The summed E-state index contributed by atoms with van der Waals surface area (Å²) in [5, 5.41) is 0. The Kier molecular flexibility index (Phi) is 6.58. The van der Waals surface area contributed by atoms with Crippen molar-refractivity contribution in [2.45, 2.75) is 64.8 Å². The molecule has 0 spiro atoms. The first-order chi connectivity index (χ1) is 12.7. The molecule has 1 atom stereocenters. The summed E-state index contributed by atoms with van der Waals surface area (Å²) in [6.45, 7) is 11.4. The van der Waals surface area contributed by atoms with E-state index in [0.29, 0.717) is 18.5 Å². The van der Waals surface area contributed by atoms with E-state index in [1.165, 1.54) is 42.7 Å². The van der Waals surface area contributed by atoms with Gasteiger partial charge in [-0.2, -0.15) is 0 Å². The average molecular weight is 359 g/mol. The molecule has 1 saturated heterocycles. The normalized spacial score (nSPS) is 21.5. The van der Waals surface area contributed by atoms with Crippen LogP contribution in [0.25, 0.3) is 0 Å². The molecule has 1 unspecified atom stereocenters. The first-order valence-corrected chi connectivity index (χ1v) is 10.4. The van der Waals surface area contributed by atoms with Crippen molar-refractivity contribution in [3.05, 3.63) is 23.3 Å². The third-order valence-electron chi connectivity index (χ3n) is 6.12. The van der Waals surface area contributed by atoms with Crippen molar-refractivity contribution in [1.82, 2.24) is 4.90 Å². The van der Waals surface area contributed by atoms with E-state index in [4.69, 9.17) is 4.74 Å². The van der Waals surface area contributed by atoms with Gasteiger partial charge in [-0.05, 0) is 76.2 Å². The lowest BCUT2D eigenvalue weighted by Crippen LogP contribution is -2.39. The van der Waals surface area contributed by atoms with Crippen molar-refractivity contribution in [1.29, 1.82) is 0 Å². The molecule has 1 aromatic carbocycles. The van der Waals surface area contributed by atoms with Crippen LogP contribution in [0.2, 0.25) is 0 Å². The Morgan fingerprint density at radius 3 is 2.62 bits per heavy atom. The van der Waals surface area contributed by atoms with Gasteiger partial charge in [-0.3, -0.25) is 0 Å². The molecule has 144 valence electrons. The molecule has 0 aromatic heterocycles. The highest BCUT2D eigenvalue weighted by atomic mass is 16.5. The van der Waals surface area contributed by atoms with E-state index in [2.05, 4.69) is 42.7 Å². The molecule has 26 heavy (non-hydrogen) atoms. The Hall–Kier alpha value is -1.55. The number of hydrogen-bond donors (Lipinski definition) is 0.